The van der Waals surface area contributed by atoms with E-state index in [1.807, 2.05) is 29.2 Å². The summed E-state index contributed by atoms with van der Waals surface area (Å²) in [5.41, 5.74) is 6.40. The number of benzene rings is 1. The standard InChI is InChI=1S/C14H19IN2O.ClH/c15-13-5-3-12(4-6-13)14(18)17-9-1-2-11(10-17)7-8-16;/h3-6,11H,1-2,7-10,16H2;1H. The predicted octanol–water partition coefficient (Wildman–Crippen LogP) is 2.91. The van der Waals surface area contributed by atoms with Crippen LogP contribution in [-0.2, 0) is 0 Å². The molecule has 0 spiro atoms. The van der Waals surface area contributed by atoms with Crippen LogP contribution in [0.4, 0.5) is 0 Å². The molecular weight excluding hydrogens is 375 g/mol. The number of hydrogen-bond acceptors (Lipinski definition) is 2. The number of hydrogen-bond donors (Lipinski definition) is 1. The third-order valence-electron chi connectivity index (χ3n) is 3.47. The van der Waals surface area contributed by atoms with Crippen LogP contribution in [0.1, 0.15) is 29.6 Å². The van der Waals surface area contributed by atoms with E-state index in [9.17, 15) is 4.79 Å². The van der Waals surface area contributed by atoms with Gasteiger partial charge >= 0.3 is 0 Å². The summed E-state index contributed by atoms with van der Waals surface area (Å²) in [6, 6.07) is 7.79. The number of nitrogens with zero attached hydrogens (tertiary/aromatic N) is 1. The Bertz CT molecular complexity index is 408. The zero-order valence-electron chi connectivity index (χ0n) is 10.8. The van der Waals surface area contributed by atoms with E-state index in [0.29, 0.717) is 5.92 Å². The molecule has 1 saturated heterocycles. The fraction of sp³-hybridized carbons (Fsp3) is 0.500. The summed E-state index contributed by atoms with van der Waals surface area (Å²) >= 11 is 2.25. The minimum Gasteiger partial charge on any atom is -0.338 e. The molecule has 5 heteroatoms. The van der Waals surface area contributed by atoms with E-state index in [0.717, 1.165) is 41.6 Å². The quantitative estimate of drug-likeness (QED) is 0.801. The maximum absolute atomic E-state index is 12.4. The average molecular weight is 395 g/mol. The van der Waals surface area contributed by atoms with E-state index < -0.39 is 0 Å². The molecule has 0 aromatic heterocycles. The summed E-state index contributed by atoms with van der Waals surface area (Å²) in [6.45, 7) is 2.46. The average Bonchev–Trinajstić information content (AvgIpc) is 2.39. The Morgan fingerprint density at radius 2 is 2.05 bits per heavy atom. The number of piperidine rings is 1. The highest BCUT2D eigenvalue weighted by Crippen LogP contribution is 2.21. The van der Waals surface area contributed by atoms with Crippen molar-refractivity contribution in [2.75, 3.05) is 19.6 Å². The van der Waals surface area contributed by atoms with Gasteiger partial charge in [-0.3, -0.25) is 4.79 Å². The molecule has 0 radical (unpaired) electrons. The molecule has 0 aliphatic carbocycles. The van der Waals surface area contributed by atoms with Crippen molar-refractivity contribution < 1.29 is 4.79 Å². The smallest absolute Gasteiger partial charge is 0.253 e. The van der Waals surface area contributed by atoms with Gasteiger partial charge in [-0.1, -0.05) is 0 Å². The molecule has 1 fully saturated rings. The lowest BCUT2D eigenvalue weighted by atomic mass is 9.94. The molecule has 1 atom stereocenters. The molecule has 0 saturated carbocycles. The number of likely N-dealkylation sites (tertiary alicyclic amines) is 1. The first kappa shape index (κ1) is 16.7. The lowest BCUT2D eigenvalue weighted by Crippen LogP contribution is -2.40. The Kier molecular flexibility index (Phi) is 7.10. The first-order chi connectivity index (χ1) is 8.70. The number of nitrogens with two attached hydrogens (primary N) is 1. The van der Waals surface area contributed by atoms with Gasteiger partial charge in [-0.25, -0.2) is 0 Å². The van der Waals surface area contributed by atoms with Crippen molar-refractivity contribution in [2.24, 2.45) is 11.7 Å². The number of carbonyl (C=O) groups excluding carboxylic acids is 1. The van der Waals surface area contributed by atoms with Crippen molar-refractivity contribution in [1.82, 2.24) is 4.90 Å². The molecule has 1 aliphatic rings. The van der Waals surface area contributed by atoms with Crippen molar-refractivity contribution in [2.45, 2.75) is 19.3 Å². The first-order valence-electron chi connectivity index (χ1n) is 6.45. The van der Waals surface area contributed by atoms with Crippen molar-refractivity contribution >= 4 is 40.9 Å². The van der Waals surface area contributed by atoms with Crippen LogP contribution < -0.4 is 5.73 Å². The fourth-order valence-electron chi connectivity index (χ4n) is 2.50. The zero-order valence-corrected chi connectivity index (χ0v) is 13.8. The Labute approximate surface area is 134 Å². The zero-order chi connectivity index (χ0) is 13.0. The summed E-state index contributed by atoms with van der Waals surface area (Å²) in [7, 11) is 0. The van der Waals surface area contributed by atoms with E-state index in [4.69, 9.17) is 5.73 Å². The van der Waals surface area contributed by atoms with Crippen LogP contribution in [0.2, 0.25) is 0 Å². The second kappa shape index (κ2) is 8.07. The first-order valence-corrected chi connectivity index (χ1v) is 7.53. The molecule has 0 bridgehead atoms. The van der Waals surface area contributed by atoms with E-state index >= 15 is 0 Å². The second-order valence-electron chi connectivity index (χ2n) is 4.84. The van der Waals surface area contributed by atoms with Gasteiger partial charge in [0.1, 0.15) is 0 Å². The van der Waals surface area contributed by atoms with Gasteiger partial charge in [0.15, 0.2) is 0 Å². The normalized spacial score (nSPS) is 18.8. The maximum atomic E-state index is 12.4. The van der Waals surface area contributed by atoms with Crippen LogP contribution in [0.25, 0.3) is 0 Å². The van der Waals surface area contributed by atoms with E-state index in [2.05, 4.69) is 22.6 Å². The van der Waals surface area contributed by atoms with Gasteiger partial charge in [-0.05, 0) is 78.6 Å². The van der Waals surface area contributed by atoms with E-state index in [1.165, 1.54) is 6.42 Å². The number of rotatable bonds is 3. The lowest BCUT2D eigenvalue weighted by molar-refractivity contribution is 0.0669. The molecule has 1 unspecified atom stereocenters. The molecule has 1 amide bonds. The second-order valence-corrected chi connectivity index (χ2v) is 6.09. The molecule has 1 aromatic carbocycles. The Hall–Kier alpha value is -0.330. The van der Waals surface area contributed by atoms with Crippen molar-refractivity contribution in [1.29, 1.82) is 0 Å². The monoisotopic (exact) mass is 394 g/mol. The summed E-state index contributed by atoms with van der Waals surface area (Å²) in [4.78, 5) is 14.3. The number of carbonyl (C=O) groups is 1. The van der Waals surface area contributed by atoms with Gasteiger partial charge in [-0.2, -0.15) is 0 Å². The van der Waals surface area contributed by atoms with Gasteiger partial charge in [-0.15, -0.1) is 12.4 Å². The molecule has 106 valence electrons. The van der Waals surface area contributed by atoms with Crippen molar-refractivity contribution in [3.8, 4) is 0 Å². The Morgan fingerprint density at radius 1 is 1.37 bits per heavy atom. The van der Waals surface area contributed by atoms with Gasteiger partial charge < -0.3 is 10.6 Å². The Balaban J connectivity index is 0.00000180. The van der Waals surface area contributed by atoms with Gasteiger partial charge in [0, 0.05) is 22.2 Å². The highest BCUT2D eigenvalue weighted by atomic mass is 127. The maximum Gasteiger partial charge on any atom is 0.253 e. The van der Waals surface area contributed by atoms with Crippen LogP contribution in [-0.4, -0.2) is 30.4 Å². The predicted molar refractivity (Wildman–Crippen MR) is 88.7 cm³/mol. The molecule has 1 aromatic rings. The van der Waals surface area contributed by atoms with E-state index in [-0.39, 0.29) is 18.3 Å². The van der Waals surface area contributed by atoms with Crippen molar-refractivity contribution in [3.05, 3.63) is 33.4 Å². The lowest BCUT2D eigenvalue weighted by Gasteiger charge is -2.32. The van der Waals surface area contributed by atoms with Gasteiger partial charge in [0.2, 0.25) is 0 Å². The van der Waals surface area contributed by atoms with E-state index in [1.54, 1.807) is 0 Å². The van der Waals surface area contributed by atoms with Crippen LogP contribution in [0.3, 0.4) is 0 Å². The summed E-state index contributed by atoms with van der Waals surface area (Å²) in [5.74, 6) is 0.740. The van der Waals surface area contributed by atoms with Crippen LogP contribution in [0, 0.1) is 9.49 Å². The SMILES string of the molecule is Cl.NCCC1CCCN(C(=O)c2ccc(I)cc2)C1. The molecular formula is C14H20ClIN2O. The summed E-state index contributed by atoms with van der Waals surface area (Å²) in [6.07, 6.45) is 3.32. The third kappa shape index (κ3) is 4.61. The van der Waals surface area contributed by atoms with Crippen molar-refractivity contribution in [3.63, 3.8) is 0 Å². The van der Waals surface area contributed by atoms with Crippen LogP contribution in [0.15, 0.2) is 24.3 Å². The van der Waals surface area contributed by atoms with Gasteiger partial charge in [0.25, 0.3) is 5.91 Å². The summed E-state index contributed by atoms with van der Waals surface area (Å²) in [5, 5.41) is 0. The molecule has 1 heterocycles. The Morgan fingerprint density at radius 3 is 2.68 bits per heavy atom. The largest absolute Gasteiger partial charge is 0.338 e. The fourth-order valence-corrected chi connectivity index (χ4v) is 2.86. The highest BCUT2D eigenvalue weighted by molar-refractivity contribution is 14.1. The minimum absolute atomic E-state index is 0. The topological polar surface area (TPSA) is 46.3 Å². The molecule has 1 aliphatic heterocycles. The van der Waals surface area contributed by atoms with Crippen LogP contribution in [0.5, 0.6) is 0 Å². The molecule has 19 heavy (non-hydrogen) atoms. The summed E-state index contributed by atoms with van der Waals surface area (Å²) < 4.78 is 1.16. The molecule has 3 nitrogen and oxygen atoms in total. The molecule has 2 N–H and O–H groups in total. The minimum atomic E-state index is 0. The highest BCUT2D eigenvalue weighted by Gasteiger charge is 2.23. The van der Waals surface area contributed by atoms with Crippen LogP contribution >= 0.6 is 35.0 Å². The third-order valence-corrected chi connectivity index (χ3v) is 4.19. The number of halogens is 2. The van der Waals surface area contributed by atoms with Gasteiger partial charge in [0.05, 0.1) is 0 Å². The number of amides is 1. The molecule has 2 rings (SSSR count).